The minimum Gasteiger partial charge on any atom is -0.493 e. The van der Waals surface area contributed by atoms with Crippen LogP contribution in [0.25, 0.3) is 11.4 Å². The van der Waals surface area contributed by atoms with Crippen molar-refractivity contribution in [2.75, 3.05) is 14.2 Å². The third kappa shape index (κ3) is 3.63. The van der Waals surface area contributed by atoms with Crippen LogP contribution in [0.4, 0.5) is 0 Å². The van der Waals surface area contributed by atoms with E-state index in [1.165, 1.54) is 7.11 Å². The summed E-state index contributed by atoms with van der Waals surface area (Å²) in [6.45, 7) is 2.03. The summed E-state index contributed by atoms with van der Waals surface area (Å²) in [4.78, 5) is 0. The number of nitrogens with zero attached hydrogens (tertiary/aromatic N) is 3. The van der Waals surface area contributed by atoms with Crippen molar-refractivity contribution in [1.29, 1.82) is 0 Å². The number of nitrogens with one attached hydrogen (secondary N) is 1. The van der Waals surface area contributed by atoms with Crippen molar-refractivity contribution in [3.63, 3.8) is 0 Å². The van der Waals surface area contributed by atoms with E-state index in [0.29, 0.717) is 27.1 Å². The number of benzene rings is 2. The van der Waals surface area contributed by atoms with Crippen LogP contribution in [0, 0.1) is 11.7 Å². The monoisotopic (exact) mass is 388 g/mol. The molecule has 0 radical (unpaired) electrons. The number of methoxy groups -OCH3 is 2. The minimum atomic E-state index is 0.392. The highest BCUT2D eigenvalue weighted by molar-refractivity contribution is 7.71. The van der Waals surface area contributed by atoms with Gasteiger partial charge in [-0.05, 0) is 36.8 Å². The van der Waals surface area contributed by atoms with Crippen LogP contribution in [0.15, 0.2) is 41.5 Å². The zero-order valence-corrected chi connectivity index (χ0v) is 16.1. The van der Waals surface area contributed by atoms with E-state index < -0.39 is 0 Å². The van der Waals surface area contributed by atoms with Crippen molar-refractivity contribution in [3.05, 3.63) is 57.3 Å². The molecule has 0 amide bonds. The molecule has 0 fully saturated rings. The molecule has 1 N–H and O–H groups in total. The highest BCUT2D eigenvalue weighted by atomic mass is 35.5. The fourth-order valence-corrected chi connectivity index (χ4v) is 2.90. The number of H-pyrrole nitrogens is 1. The van der Waals surface area contributed by atoms with Gasteiger partial charge in [-0.15, -0.1) is 0 Å². The van der Waals surface area contributed by atoms with Crippen LogP contribution in [-0.4, -0.2) is 35.3 Å². The molecule has 6 nitrogen and oxygen atoms in total. The van der Waals surface area contributed by atoms with Gasteiger partial charge in [-0.1, -0.05) is 41.4 Å². The summed E-state index contributed by atoms with van der Waals surface area (Å²) in [5.41, 5.74) is 2.81. The molecule has 0 atom stereocenters. The Morgan fingerprint density at radius 2 is 1.92 bits per heavy atom. The number of aromatic amines is 1. The molecule has 0 bridgehead atoms. The number of aromatic nitrogens is 3. The average molecular weight is 389 g/mol. The molecule has 0 spiro atoms. The Balaban J connectivity index is 2.00. The van der Waals surface area contributed by atoms with Gasteiger partial charge in [0.05, 0.1) is 25.5 Å². The van der Waals surface area contributed by atoms with E-state index in [-0.39, 0.29) is 0 Å². The predicted molar refractivity (Wildman–Crippen MR) is 105 cm³/mol. The minimum absolute atomic E-state index is 0.392. The number of ether oxygens (including phenoxy) is 2. The van der Waals surface area contributed by atoms with Crippen molar-refractivity contribution in [3.8, 4) is 22.9 Å². The lowest BCUT2D eigenvalue weighted by atomic mass is 10.1. The lowest BCUT2D eigenvalue weighted by Gasteiger charge is -2.10. The zero-order chi connectivity index (χ0) is 18.7. The third-order valence-corrected chi connectivity index (χ3v) is 4.28. The molecular weight excluding hydrogens is 372 g/mol. The predicted octanol–water partition coefficient (Wildman–Crippen LogP) is 4.47. The van der Waals surface area contributed by atoms with E-state index in [2.05, 4.69) is 15.3 Å². The SMILES string of the molecule is COc1cc(/C=N\n2c(-c3ccc(C)cc3)n[nH]c2=S)cc(Cl)c1OC. The first-order valence-electron chi connectivity index (χ1n) is 7.74. The molecule has 0 aliphatic rings. The number of halogens is 1. The van der Waals surface area contributed by atoms with Gasteiger partial charge in [-0.25, -0.2) is 5.10 Å². The second kappa shape index (κ2) is 7.72. The summed E-state index contributed by atoms with van der Waals surface area (Å²) in [6.07, 6.45) is 1.64. The lowest BCUT2D eigenvalue weighted by molar-refractivity contribution is 0.355. The van der Waals surface area contributed by atoms with Crippen molar-refractivity contribution >= 4 is 30.0 Å². The molecule has 1 aromatic heterocycles. The Morgan fingerprint density at radius 3 is 2.58 bits per heavy atom. The smallest absolute Gasteiger partial charge is 0.216 e. The second-order valence-electron chi connectivity index (χ2n) is 5.51. The molecule has 8 heteroatoms. The van der Waals surface area contributed by atoms with Gasteiger partial charge >= 0.3 is 0 Å². The summed E-state index contributed by atoms with van der Waals surface area (Å²) in [5.74, 6) is 1.63. The van der Waals surface area contributed by atoms with Gasteiger partial charge in [0.2, 0.25) is 4.77 Å². The maximum Gasteiger partial charge on any atom is 0.216 e. The first-order chi connectivity index (χ1) is 12.5. The molecule has 0 unspecified atom stereocenters. The molecule has 0 aliphatic carbocycles. The van der Waals surface area contributed by atoms with E-state index in [0.717, 1.165) is 16.7 Å². The number of aryl methyl sites for hydroxylation is 1. The largest absolute Gasteiger partial charge is 0.493 e. The van der Waals surface area contributed by atoms with Crippen molar-refractivity contribution in [1.82, 2.24) is 14.9 Å². The van der Waals surface area contributed by atoms with Gasteiger partial charge in [0, 0.05) is 5.56 Å². The molecule has 0 saturated heterocycles. The average Bonchev–Trinajstić information content (AvgIpc) is 3.00. The molecule has 0 aliphatic heterocycles. The normalized spacial score (nSPS) is 11.1. The molecule has 2 aromatic carbocycles. The van der Waals surface area contributed by atoms with Gasteiger partial charge in [0.15, 0.2) is 17.3 Å². The van der Waals surface area contributed by atoms with Crippen LogP contribution in [0.2, 0.25) is 5.02 Å². The van der Waals surface area contributed by atoms with Gasteiger partial charge in [-0.3, -0.25) is 0 Å². The number of hydrogen-bond acceptors (Lipinski definition) is 5. The van der Waals surface area contributed by atoms with E-state index in [4.69, 9.17) is 33.3 Å². The summed E-state index contributed by atoms with van der Waals surface area (Å²) >= 11 is 11.5. The Labute approximate surface area is 161 Å². The molecule has 3 aromatic rings. The standard InChI is InChI=1S/C18H17ClN4O2S/c1-11-4-6-13(7-5-11)17-21-22-18(26)23(17)20-10-12-8-14(19)16(25-3)15(9-12)24-2/h4-10H,1-3H3,(H,22,26)/b20-10-. The van der Waals surface area contributed by atoms with Gasteiger partial charge in [-0.2, -0.15) is 14.9 Å². The van der Waals surface area contributed by atoms with Crippen LogP contribution < -0.4 is 9.47 Å². The van der Waals surface area contributed by atoms with Gasteiger partial charge in [0.1, 0.15) is 0 Å². The first-order valence-corrected chi connectivity index (χ1v) is 8.52. The zero-order valence-electron chi connectivity index (χ0n) is 14.5. The lowest BCUT2D eigenvalue weighted by Crippen LogP contribution is -1.97. The maximum absolute atomic E-state index is 6.23. The summed E-state index contributed by atoms with van der Waals surface area (Å²) < 4.78 is 12.5. The molecule has 134 valence electrons. The van der Waals surface area contributed by atoms with Crippen LogP contribution in [0.1, 0.15) is 11.1 Å². The van der Waals surface area contributed by atoms with Crippen molar-refractivity contribution in [2.45, 2.75) is 6.92 Å². The first kappa shape index (κ1) is 18.2. The van der Waals surface area contributed by atoms with Crippen LogP contribution in [0.5, 0.6) is 11.5 Å². The number of hydrogen-bond donors (Lipinski definition) is 1. The molecule has 26 heavy (non-hydrogen) atoms. The van der Waals surface area contributed by atoms with E-state index >= 15 is 0 Å². The van der Waals surface area contributed by atoms with E-state index in [1.54, 1.807) is 30.1 Å². The number of rotatable bonds is 5. The van der Waals surface area contributed by atoms with Crippen molar-refractivity contribution in [2.24, 2.45) is 5.10 Å². The maximum atomic E-state index is 6.23. The second-order valence-corrected chi connectivity index (χ2v) is 6.31. The van der Waals surface area contributed by atoms with Gasteiger partial charge < -0.3 is 9.47 Å². The Hall–Kier alpha value is -2.64. The Morgan fingerprint density at radius 1 is 1.19 bits per heavy atom. The van der Waals surface area contributed by atoms with E-state index in [9.17, 15) is 0 Å². The molecule has 0 saturated carbocycles. The Bertz CT molecular complexity index is 1010. The summed E-state index contributed by atoms with van der Waals surface area (Å²) in [7, 11) is 3.09. The summed E-state index contributed by atoms with van der Waals surface area (Å²) in [6, 6.07) is 11.5. The topological polar surface area (TPSA) is 64.4 Å². The van der Waals surface area contributed by atoms with E-state index in [1.807, 2.05) is 31.2 Å². The van der Waals surface area contributed by atoms with Crippen LogP contribution in [0.3, 0.4) is 0 Å². The fourth-order valence-electron chi connectivity index (χ4n) is 2.43. The molecule has 3 rings (SSSR count). The fraction of sp³-hybridized carbons (Fsp3) is 0.167. The Kier molecular flexibility index (Phi) is 5.39. The van der Waals surface area contributed by atoms with Crippen molar-refractivity contribution < 1.29 is 9.47 Å². The van der Waals surface area contributed by atoms with Crippen LogP contribution in [-0.2, 0) is 0 Å². The van der Waals surface area contributed by atoms with Gasteiger partial charge in [0.25, 0.3) is 0 Å². The highest BCUT2D eigenvalue weighted by Crippen LogP contribution is 2.35. The highest BCUT2D eigenvalue weighted by Gasteiger charge is 2.11. The third-order valence-electron chi connectivity index (χ3n) is 3.74. The summed E-state index contributed by atoms with van der Waals surface area (Å²) in [5, 5.41) is 11.9. The quantitative estimate of drug-likeness (QED) is 0.517. The molecular formula is C18H17ClN4O2S. The van der Waals surface area contributed by atoms with Crippen LogP contribution >= 0.6 is 23.8 Å². The molecule has 1 heterocycles.